The van der Waals surface area contributed by atoms with Gasteiger partial charge in [0.05, 0.1) is 13.2 Å². The Morgan fingerprint density at radius 1 is 0.848 bits per heavy atom. The summed E-state index contributed by atoms with van der Waals surface area (Å²) in [5.74, 6) is -0.0144. The first-order valence-electron chi connectivity index (χ1n) is 10.3. The Balaban J connectivity index is 1.68. The van der Waals surface area contributed by atoms with Crippen LogP contribution in [-0.2, 0) is 19.0 Å². The normalized spacial score (nSPS) is 39.2. The highest BCUT2D eigenvalue weighted by Gasteiger charge is 2.51. The first-order chi connectivity index (χ1) is 15.7. The van der Waals surface area contributed by atoms with Crippen molar-refractivity contribution in [3.8, 4) is 5.75 Å². The Hall–Kier alpha value is -1.91. The minimum Gasteiger partial charge on any atom is -0.462 e. The molecule has 2 heterocycles. The predicted molar refractivity (Wildman–Crippen MR) is 108 cm³/mol. The minimum atomic E-state index is -1.75. The van der Waals surface area contributed by atoms with Crippen molar-refractivity contribution in [1.29, 1.82) is 0 Å². The minimum absolute atomic E-state index is 0.241. The van der Waals surface area contributed by atoms with E-state index in [1.54, 1.807) is 12.1 Å². The van der Waals surface area contributed by atoms with Crippen LogP contribution in [0.25, 0.3) is 0 Å². The third kappa shape index (κ3) is 5.78. The summed E-state index contributed by atoms with van der Waals surface area (Å²) in [6.07, 6.45) is -15.3. The van der Waals surface area contributed by atoms with Crippen molar-refractivity contribution in [2.75, 3.05) is 18.5 Å². The van der Waals surface area contributed by atoms with Gasteiger partial charge in [-0.2, -0.15) is 0 Å². The molecule has 0 aromatic heterocycles. The lowest BCUT2D eigenvalue weighted by molar-refractivity contribution is -0.352. The van der Waals surface area contributed by atoms with Crippen LogP contribution in [0.3, 0.4) is 0 Å². The van der Waals surface area contributed by atoms with Gasteiger partial charge in [-0.3, -0.25) is 4.79 Å². The van der Waals surface area contributed by atoms with Crippen LogP contribution in [-0.4, -0.2) is 116 Å². The summed E-state index contributed by atoms with van der Waals surface area (Å²) in [7, 11) is 0. The molecule has 0 unspecified atom stereocenters. The van der Waals surface area contributed by atoms with Gasteiger partial charge in [0, 0.05) is 12.6 Å². The number of rotatable bonds is 7. The van der Waals surface area contributed by atoms with Crippen molar-refractivity contribution in [2.24, 2.45) is 0 Å². The molecule has 1 amide bonds. The highest BCUT2D eigenvalue weighted by atomic mass is 16.7. The van der Waals surface area contributed by atoms with Crippen LogP contribution >= 0.6 is 0 Å². The van der Waals surface area contributed by atoms with Gasteiger partial charge < -0.3 is 60.0 Å². The molecule has 10 atom stereocenters. The van der Waals surface area contributed by atoms with Crippen molar-refractivity contribution in [3.05, 3.63) is 24.3 Å². The summed E-state index contributed by atoms with van der Waals surface area (Å²) >= 11 is 0. The highest BCUT2D eigenvalue weighted by Crippen LogP contribution is 2.30. The molecule has 0 bridgehead atoms. The molecule has 2 aliphatic rings. The van der Waals surface area contributed by atoms with E-state index in [2.05, 4.69) is 5.32 Å². The summed E-state index contributed by atoms with van der Waals surface area (Å²) in [5, 5.41) is 72.6. The van der Waals surface area contributed by atoms with E-state index in [1.807, 2.05) is 0 Å². The van der Waals surface area contributed by atoms with E-state index >= 15 is 0 Å². The van der Waals surface area contributed by atoms with Crippen LogP contribution in [0, 0.1) is 0 Å². The van der Waals surface area contributed by atoms with E-state index in [4.69, 9.17) is 18.9 Å². The molecule has 3 rings (SSSR count). The number of nitrogens with one attached hydrogen (secondary N) is 1. The second-order valence-corrected chi connectivity index (χ2v) is 7.83. The number of hydrogen-bond acceptors (Lipinski definition) is 12. The first-order valence-corrected chi connectivity index (χ1v) is 10.3. The number of benzene rings is 1. The van der Waals surface area contributed by atoms with Crippen LogP contribution in [0.5, 0.6) is 5.75 Å². The molecule has 0 saturated carbocycles. The second-order valence-electron chi connectivity index (χ2n) is 7.83. The standard InChI is InChI=1S/C20H29NO12/c1-8(24)21-9-2-4-10(5-3-9)30-19-17(29)15(27)18(12(7-23)32-19)33-20-16(28)14(26)13(25)11(6-22)31-20/h2-5,11-20,22-23,25-29H,6-7H2,1H3,(H,21,24)/t11-,12-,13-,14-,15-,16+,17-,18-,19+,20-/m1/s1. The third-order valence-electron chi connectivity index (χ3n) is 5.39. The predicted octanol–water partition coefficient (Wildman–Crippen LogP) is -3.35. The highest BCUT2D eigenvalue weighted by molar-refractivity contribution is 5.88. The summed E-state index contributed by atoms with van der Waals surface area (Å²) in [6, 6.07) is 6.10. The SMILES string of the molecule is CC(=O)Nc1ccc(O[C@H]2O[C@H](CO)[C@@H](O[C@H]3O[C@H](CO)[C@@H](O)[C@@H](O)[C@@H]3O)[C@H](O)[C@H]2O)cc1. The zero-order chi connectivity index (χ0) is 24.3. The maximum absolute atomic E-state index is 11.1. The van der Waals surface area contributed by atoms with E-state index in [9.17, 15) is 40.5 Å². The molecular weight excluding hydrogens is 446 g/mol. The molecule has 8 N–H and O–H groups in total. The number of amides is 1. The zero-order valence-corrected chi connectivity index (χ0v) is 17.7. The van der Waals surface area contributed by atoms with Crippen LogP contribution in [0.15, 0.2) is 24.3 Å². The number of carbonyl (C=O) groups is 1. The molecule has 2 saturated heterocycles. The lowest BCUT2D eigenvalue weighted by atomic mass is 9.97. The van der Waals surface area contributed by atoms with E-state index in [-0.39, 0.29) is 11.7 Å². The van der Waals surface area contributed by atoms with Gasteiger partial charge in [0.2, 0.25) is 12.2 Å². The first kappa shape index (κ1) is 25.7. The van der Waals surface area contributed by atoms with Gasteiger partial charge in [0.15, 0.2) is 6.29 Å². The van der Waals surface area contributed by atoms with Crippen molar-refractivity contribution in [2.45, 2.75) is 68.3 Å². The second kappa shape index (κ2) is 11.0. The Morgan fingerprint density at radius 3 is 2.00 bits per heavy atom. The van der Waals surface area contributed by atoms with Gasteiger partial charge in [0.25, 0.3) is 0 Å². The number of hydrogen-bond donors (Lipinski definition) is 8. The fourth-order valence-corrected chi connectivity index (χ4v) is 3.61. The van der Waals surface area contributed by atoms with Gasteiger partial charge >= 0.3 is 0 Å². The summed E-state index contributed by atoms with van der Waals surface area (Å²) in [5.41, 5.74) is 0.515. The molecule has 0 aliphatic carbocycles. The topological polar surface area (TPSA) is 208 Å². The van der Waals surface area contributed by atoms with Gasteiger partial charge in [-0.1, -0.05) is 0 Å². The maximum Gasteiger partial charge on any atom is 0.229 e. The van der Waals surface area contributed by atoms with E-state index in [1.165, 1.54) is 19.1 Å². The molecule has 1 aromatic carbocycles. The Morgan fingerprint density at radius 2 is 1.42 bits per heavy atom. The lowest BCUT2D eigenvalue weighted by Gasteiger charge is -2.45. The summed E-state index contributed by atoms with van der Waals surface area (Å²) in [4.78, 5) is 11.1. The summed E-state index contributed by atoms with van der Waals surface area (Å²) in [6.45, 7) is 0.000118. The van der Waals surface area contributed by atoms with Gasteiger partial charge in [-0.25, -0.2) is 0 Å². The fraction of sp³-hybridized carbons (Fsp3) is 0.650. The monoisotopic (exact) mass is 475 g/mol. The van der Waals surface area contributed by atoms with Crippen molar-refractivity contribution in [1.82, 2.24) is 0 Å². The average Bonchev–Trinajstić information content (AvgIpc) is 2.79. The van der Waals surface area contributed by atoms with Crippen molar-refractivity contribution in [3.63, 3.8) is 0 Å². The Bertz CT molecular complexity index is 775. The number of aliphatic hydroxyl groups is 7. The van der Waals surface area contributed by atoms with E-state index in [0.29, 0.717) is 5.69 Å². The average molecular weight is 475 g/mol. The third-order valence-corrected chi connectivity index (χ3v) is 5.39. The number of ether oxygens (including phenoxy) is 4. The fourth-order valence-electron chi connectivity index (χ4n) is 3.61. The largest absolute Gasteiger partial charge is 0.462 e. The molecule has 2 fully saturated rings. The molecule has 186 valence electrons. The van der Waals surface area contributed by atoms with Crippen molar-refractivity contribution < 1.29 is 59.5 Å². The van der Waals surface area contributed by atoms with Gasteiger partial charge in [-0.05, 0) is 24.3 Å². The van der Waals surface area contributed by atoms with Crippen LogP contribution in [0.1, 0.15) is 6.92 Å². The number of anilines is 1. The van der Waals surface area contributed by atoms with Crippen LogP contribution in [0.2, 0.25) is 0 Å². The molecule has 2 aliphatic heterocycles. The molecule has 0 radical (unpaired) electrons. The smallest absolute Gasteiger partial charge is 0.229 e. The molecular formula is C20H29NO12. The summed E-state index contributed by atoms with van der Waals surface area (Å²) < 4.78 is 21.8. The maximum atomic E-state index is 11.1. The molecule has 13 heteroatoms. The Labute approximate surface area is 188 Å². The van der Waals surface area contributed by atoms with E-state index in [0.717, 1.165) is 0 Å². The molecule has 0 spiro atoms. The van der Waals surface area contributed by atoms with Crippen LogP contribution < -0.4 is 10.1 Å². The molecule has 1 aromatic rings. The number of carbonyl (C=O) groups excluding carboxylic acids is 1. The molecule has 13 nitrogen and oxygen atoms in total. The lowest BCUT2D eigenvalue weighted by Crippen LogP contribution is -2.65. The van der Waals surface area contributed by atoms with Crippen molar-refractivity contribution >= 4 is 11.6 Å². The Kier molecular flexibility index (Phi) is 8.58. The zero-order valence-electron chi connectivity index (χ0n) is 17.7. The van der Waals surface area contributed by atoms with E-state index < -0.39 is 74.6 Å². The van der Waals surface area contributed by atoms with Gasteiger partial charge in [-0.15, -0.1) is 0 Å². The quantitative estimate of drug-likeness (QED) is 0.195. The number of aliphatic hydroxyl groups excluding tert-OH is 7. The van der Waals surface area contributed by atoms with Crippen LogP contribution in [0.4, 0.5) is 5.69 Å². The van der Waals surface area contributed by atoms with Gasteiger partial charge in [0.1, 0.15) is 54.6 Å². The molecule has 33 heavy (non-hydrogen) atoms.